The maximum absolute atomic E-state index is 3.76. The van der Waals surface area contributed by atoms with Gasteiger partial charge in [0.05, 0.1) is 0 Å². The predicted octanol–water partition coefficient (Wildman–Crippen LogP) is 2.29. The molecule has 1 fully saturated rings. The third-order valence-corrected chi connectivity index (χ3v) is 3.47. The van der Waals surface area contributed by atoms with Crippen LogP contribution in [0.15, 0.2) is 12.7 Å². The summed E-state index contributed by atoms with van der Waals surface area (Å²) in [5.41, 5.74) is 0. The lowest BCUT2D eigenvalue weighted by molar-refractivity contribution is 0.437. The summed E-state index contributed by atoms with van der Waals surface area (Å²) in [6, 6.07) is 0.472. The first-order valence-corrected chi connectivity index (χ1v) is 5.92. The molecule has 0 aromatic rings. The Morgan fingerprint density at radius 3 is 2.83 bits per heavy atom. The van der Waals surface area contributed by atoms with Crippen LogP contribution >= 0.6 is 11.8 Å². The third kappa shape index (κ3) is 3.63. The molecule has 70 valence electrons. The molecule has 1 saturated heterocycles. The van der Waals surface area contributed by atoms with Crippen molar-refractivity contribution in [3.63, 3.8) is 0 Å². The highest BCUT2D eigenvalue weighted by atomic mass is 32.2. The largest absolute Gasteiger partial charge is 0.311 e. The van der Waals surface area contributed by atoms with Crippen molar-refractivity contribution in [3.05, 3.63) is 12.7 Å². The molecule has 0 spiro atoms. The first kappa shape index (κ1) is 10.1. The quantitative estimate of drug-likeness (QED) is 0.674. The monoisotopic (exact) mass is 185 g/mol. The summed E-state index contributed by atoms with van der Waals surface area (Å²) in [7, 11) is 0. The highest BCUT2D eigenvalue weighted by molar-refractivity contribution is 7.99. The second kappa shape index (κ2) is 5.65. The zero-order valence-corrected chi connectivity index (χ0v) is 8.70. The van der Waals surface area contributed by atoms with Gasteiger partial charge in [0.25, 0.3) is 0 Å². The minimum atomic E-state index is 0.472. The molecule has 0 aromatic carbocycles. The van der Waals surface area contributed by atoms with Crippen LogP contribution in [0.2, 0.25) is 0 Å². The van der Waals surface area contributed by atoms with Crippen molar-refractivity contribution in [1.29, 1.82) is 0 Å². The molecule has 2 heteroatoms. The van der Waals surface area contributed by atoms with Crippen LogP contribution in [0.3, 0.4) is 0 Å². The fourth-order valence-electron chi connectivity index (χ4n) is 1.39. The standard InChI is InChI=1S/C10H19NS/c1-3-9(2)11-8-10-4-6-12-7-5-10/h3,9-11H,1,4-8H2,2H3. The fraction of sp³-hybridized carbons (Fsp3) is 0.800. The molecule has 1 unspecified atom stereocenters. The second-order valence-corrected chi connectivity index (χ2v) is 4.71. The molecular formula is C10H19NS. The van der Waals surface area contributed by atoms with Gasteiger partial charge in [-0.25, -0.2) is 0 Å². The van der Waals surface area contributed by atoms with Crippen molar-refractivity contribution in [1.82, 2.24) is 5.32 Å². The van der Waals surface area contributed by atoms with Crippen LogP contribution in [0.25, 0.3) is 0 Å². The summed E-state index contributed by atoms with van der Waals surface area (Å²) in [5, 5.41) is 3.47. The van der Waals surface area contributed by atoms with Crippen LogP contribution in [0.1, 0.15) is 19.8 Å². The normalized spacial score (nSPS) is 22.1. The molecule has 1 aliphatic rings. The maximum atomic E-state index is 3.76. The molecule has 1 nitrogen and oxygen atoms in total. The molecule has 1 N–H and O–H groups in total. The minimum Gasteiger partial charge on any atom is -0.311 e. The van der Waals surface area contributed by atoms with Gasteiger partial charge in [0, 0.05) is 6.04 Å². The van der Waals surface area contributed by atoms with Gasteiger partial charge in [-0.1, -0.05) is 6.08 Å². The van der Waals surface area contributed by atoms with Crippen LogP contribution in [0.5, 0.6) is 0 Å². The van der Waals surface area contributed by atoms with E-state index in [1.54, 1.807) is 0 Å². The lowest BCUT2D eigenvalue weighted by atomic mass is 10.0. The Bertz CT molecular complexity index is 130. The molecule has 0 amide bonds. The van der Waals surface area contributed by atoms with Gasteiger partial charge >= 0.3 is 0 Å². The Labute approximate surface area is 80.0 Å². The van der Waals surface area contributed by atoms with Crippen molar-refractivity contribution < 1.29 is 0 Å². The predicted molar refractivity (Wildman–Crippen MR) is 57.7 cm³/mol. The highest BCUT2D eigenvalue weighted by Gasteiger charge is 2.13. The molecule has 1 heterocycles. The minimum absolute atomic E-state index is 0.472. The first-order chi connectivity index (χ1) is 5.83. The van der Waals surface area contributed by atoms with Crippen LogP contribution in [-0.4, -0.2) is 24.1 Å². The van der Waals surface area contributed by atoms with Crippen molar-refractivity contribution in [3.8, 4) is 0 Å². The van der Waals surface area contributed by atoms with E-state index in [1.807, 2.05) is 6.08 Å². The second-order valence-electron chi connectivity index (χ2n) is 3.49. The van der Waals surface area contributed by atoms with Gasteiger partial charge in [-0.15, -0.1) is 6.58 Å². The van der Waals surface area contributed by atoms with Gasteiger partial charge in [0.2, 0.25) is 0 Å². The van der Waals surface area contributed by atoms with E-state index < -0.39 is 0 Å². The number of thioether (sulfide) groups is 1. The van der Waals surface area contributed by atoms with Crippen LogP contribution in [-0.2, 0) is 0 Å². The van der Waals surface area contributed by atoms with E-state index in [2.05, 4.69) is 30.6 Å². The Kier molecular flexibility index (Phi) is 4.77. The van der Waals surface area contributed by atoms with Gasteiger partial charge in [0.15, 0.2) is 0 Å². The van der Waals surface area contributed by atoms with Crippen LogP contribution in [0.4, 0.5) is 0 Å². The topological polar surface area (TPSA) is 12.0 Å². The summed E-state index contributed by atoms with van der Waals surface area (Å²) < 4.78 is 0. The van der Waals surface area contributed by atoms with Gasteiger partial charge in [0.1, 0.15) is 0 Å². The van der Waals surface area contributed by atoms with Gasteiger partial charge in [-0.3, -0.25) is 0 Å². The molecule has 0 bridgehead atoms. The summed E-state index contributed by atoms with van der Waals surface area (Å²) in [4.78, 5) is 0. The maximum Gasteiger partial charge on any atom is 0.0219 e. The van der Waals surface area contributed by atoms with Crippen LogP contribution < -0.4 is 5.32 Å². The van der Waals surface area contributed by atoms with Crippen molar-refractivity contribution in [2.75, 3.05) is 18.1 Å². The number of hydrogen-bond donors (Lipinski definition) is 1. The van der Waals surface area contributed by atoms with E-state index >= 15 is 0 Å². The number of rotatable bonds is 4. The zero-order valence-electron chi connectivity index (χ0n) is 7.88. The Morgan fingerprint density at radius 1 is 1.58 bits per heavy atom. The van der Waals surface area contributed by atoms with Crippen molar-refractivity contribution in [2.45, 2.75) is 25.8 Å². The third-order valence-electron chi connectivity index (χ3n) is 2.42. The summed E-state index contributed by atoms with van der Waals surface area (Å²) in [5.74, 6) is 3.62. The molecule has 12 heavy (non-hydrogen) atoms. The first-order valence-electron chi connectivity index (χ1n) is 4.76. The molecule has 0 saturated carbocycles. The molecule has 1 rings (SSSR count). The van der Waals surface area contributed by atoms with E-state index in [4.69, 9.17) is 0 Å². The number of hydrogen-bond acceptors (Lipinski definition) is 2. The summed E-state index contributed by atoms with van der Waals surface area (Å²) in [6.45, 7) is 7.09. The SMILES string of the molecule is C=CC(C)NCC1CCSCC1. The summed E-state index contributed by atoms with van der Waals surface area (Å²) in [6.07, 6.45) is 4.75. The molecule has 0 radical (unpaired) electrons. The molecule has 1 aliphatic heterocycles. The van der Waals surface area contributed by atoms with E-state index in [0.717, 1.165) is 5.92 Å². The average molecular weight is 185 g/mol. The number of nitrogens with one attached hydrogen (secondary N) is 1. The van der Waals surface area contributed by atoms with Crippen molar-refractivity contribution >= 4 is 11.8 Å². The van der Waals surface area contributed by atoms with E-state index in [9.17, 15) is 0 Å². The zero-order chi connectivity index (χ0) is 8.81. The van der Waals surface area contributed by atoms with Gasteiger partial charge < -0.3 is 5.32 Å². The van der Waals surface area contributed by atoms with Crippen molar-refractivity contribution in [2.24, 2.45) is 5.92 Å². The molecule has 0 aromatic heterocycles. The summed E-state index contributed by atoms with van der Waals surface area (Å²) >= 11 is 2.09. The van der Waals surface area contributed by atoms with Crippen LogP contribution in [0, 0.1) is 5.92 Å². The molecule has 1 atom stereocenters. The molecule has 0 aliphatic carbocycles. The smallest absolute Gasteiger partial charge is 0.0219 e. The fourth-order valence-corrected chi connectivity index (χ4v) is 2.59. The Balaban J connectivity index is 2.08. The van der Waals surface area contributed by atoms with E-state index in [1.165, 1.54) is 30.9 Å². The Hall–Kier alpha value is 0.0500. The average Bonchev–Trinajstić information content (AvgIpc) is 2.16. The van der Waals surface area contributed by atoms with E-state index in [-0.39, 0.29) is 0 Å². The molecular weight excluding hydrogens is 166 g/mol. The van der Waals surface area contributed by atoms with Gasteiger partial charge in [-0.05, 0) is 43.7 Å². The lowest BCUT2D eigenvalue weighted by Crippen LogP contribution is -2.31. The van der Waals surface area contributed by atoms with E-state index in [0.29, 0.717) is 6.04 Å². The van der Waals surface area contributed by atoms with Gasteiger partial charge in [-0.2, -0.15) is 11.8 Å². The highest BCUT2D eigenvalue weighted by Crippen LogP contribution is 2.21. The Morgan fingerprint density at radius 2 is 2.25 bits per heavy atom. The lowest BCUT2D eigenvalue weighted by Gasteiger charge is -2.22.